The van der Waals surface area contributed by atoms with Crippen molar-refractivity contribution in [2.45, 2.75) is 5.66 Å². The molecule has 0 aliphatic carbocycles. The molecule has 2 aromatic carbocycles. The van der Waals surface area contributed by atoms with Gasteiger partial charge in [-0.1, -0.05) is 18.2 Å². The molecule has 3 aliphatic heterocycles. The summed E-state index contributed by atoms with van der Waals surface area (Å²) in [5, 5.41) is 4.59. The highest BCUT2D eigenvalue weighted by Gasteiger charge is 2.70. The number of hydrogen-bond donors (Lipinski definition) is 0. The lowest BCUT2D eigenvalue weighted by Crippen LogP contribution is -2.72. The summed E-state index contributed by atoms with van der Waals surface area (Å²) in [5.41, 5.74) is 7.41. The quantitative estimate of drug-likeness (QED) is 0.254. The molecule has 7 aromatic rings. The second-order valence-electron chi connectivity index (χ2n) is 9.52. The molecule has 1 atom stereocenters. The highest BCUT2D eigenvalue weighted by atomic mass is 16.5. The number of aromatic nitrogens is 5. The van der Waals surface area contributed by atoms with Gasteiger partial charge >= 0.3 is 11.3 Å². The Hall–Kier alpha value is -4.84. The van der Waals surface area contributed by atoms with Crippen molar-refractivity contribution in [2.75, 3.05) is 0 Å². The number of ether oxygens (including phenoxy) is 1. The normalized spacial score (nSPS) is 18.1. The number of rotatable bonds is 0. The second kappa shape index (κ2) is 5.13. The van der Waals surface area contributed by atoms with Gasteiger partial charge in [-0.3, -0.25) is 0 Å². The third kappa shape index (κ3) is 1.51. The summed E-state index contributed by atoms with van der Waals surface area (Å²) in [6, 6.07) is 25.8. The van der Waals surface area contributed by atoms with Crippen molar-refractivity contribution < 1.29 is 13.9 Å². The van der Waals surface area contributed by atoms with Crippen LogP contribution in [0, 0.1) is 0 Å². The molecule has 0 saturated carbocycles. The first-order chi connectivity index (χ1) is 17.4. The molecular formula is C29H15N5O+2. The van der Waals surface area contributed by atoms with Crippen molar-refractivity contribution in [2.24, 2.45) is 0 Å². The Kier molecular flexibility index (Phi) is 2.45. The van der Waals surface area contributed by atoms with Crippen LogP contribution in [-0.4, -0.2) is 14.4 Å². The van der Waals surface area contributed by atoms with Gasteiger partial charge < -0.3 is 4.74 Å². The highest BCUT2D eigenvalue weighted by Crippen LogP contribution is 2.54. The van der Waals surface area contributed by atoms with E-state index in [1.54, 1.807) is 6.33 Å². The predicted octanol–water partition coefficient (Wildman–Crippen LogP) is 4.46. The van der Waals surface area contributed by atoms with Crippen molar-refractivity contribution in [1.82, 2.24) is 14.4 Å². The maximum absolute atomic E-state index is 6.61. The fourth-order valence-corrected chi connectivity index (χ4v) is 7.04. The minimum atomic E-state index is -0.602. The van der Waals surface area contributed by atoms with E-state index >= 15 is 0 Å². The maximum atomic E-state index is 6.61. The Morgan fingerprint density at radius 3 is 2.71 bits per heavy atom. The molecule has 6 nitrogen and oxygen atoms in total. The molecule has 0 amide bonds. The van der Waals surface area contributed by atoms with Crippen molar-refractivity contribution in [3.63, 3.8) is 0 Å². The monoisotopic (exact) mass is 449 g/mol. The average Bonchev–Trinajstić information content (AvgIpc) is 3.53. The van der Waals surface area contributed by atoms with E-state index in [0.717, 1.165) is 39.1 Å². The van der Waals surface area contributed by atoms with E-state index in [9.17, 15) is 0 Å². The topological polar surface area (TPSA) is 47.2 Å². The molecule has 1 unspecified atom stereocenters. The molecule has 6 heteroatoms. The van der Waals surface area contributed by atoms with Crippen molar-refractivity contribution in [3.8, 4) is 22.9 Å². The first-order valence-electron chi connectivity index (χ1n) is 11.8. The molecule has 0 N–H and O–H groups in total. The third-order valence-electron chi connectivity index (χ3n) is 8.11. The zero-order chi connectivity index (χ0) is 22.5. The molecule has 1 spiro atoms. The molecule has 0 bridgehead atoms. The molecular weight excluding hydrogens is 434 g/mol. The number of pyridine rings is 3. The lowest BCUT2D eigenvalue weighted by atomic mass is 9.90. The van der Waals surface area contributed by atoms with Crippen molar-refractivity contribution in [1.29, 1.82) is 0 Å². The summed E-state index contributed by atoms with van der Waals surface area (Å²) in [6.45, 7) is 0. The largest absolute Gasteiger partial charge is 0.422 e. The van der Waals surface area contributed by atoms with E-state index in [4.69, 9.17) is 9.72 Å². The first kappa shape index (κ1) is 16.7. The van der Waals surface area contributed by atoms with Gasteiger partial charge in [-0.2, -0.15) is 4.40 Å². The molecule has 0 radical (unpaired) electrons. The predicted molar refractivity (Wildman–Crippen MR) is 129 cm³/mol. The maximum Gasteiger partial charge on any atom is 0.407 e. The van der Waals surface area contributed by atoms with Crippen molar-refractivity contribution in [3.05, 3.63) is 103 Å². The lowest BCUT2D eigenvalue weighted by molar-refractivity contribution is -0.952. The van der Waals surface area contributed by atoms with Crippen LogP contribution in [-0.2, 0) is 5.66 Å². The van der Waals surface area contributed by atoms with Crippen LogP contribution in [0.15, 0.2) is 91.5 Å². The SMILES string of the molecule is c1cc2c3c(c1)-c1cccc[n+]1C31c3c4ccccc4c4c5cncnc5c5ccc([n+]1c5n34)O2. The molecule has 0 fully saturated rings. The van der Waals surface area contributed by atoms with E-state index in [1.165, 1.54) is 33.3 Å². The number of benzene rings is 2. The van der Waals surface area contributed by atoms with E-state index in [-0.39, 0.29) is 0 Å². The minimum absolute atomic E-state index is 0.602. The summed E-state index contributed by atoms with van der Waals surface area (Å²) < 4.78 is 13.9. The summed E-state index contributed by atoms with van der Waals surface area (Å²) in [7, 11) is 0. The van der Waals surface area contributed by atoms with Crippen LogP contribution < -0.4 is 13.9 Å². The van der Waals surface area contributed by atoms with Gasteiger partial charge in [0.15, 0.2) is 11.7 Å². The summed E-state index contributed by atoms with van der Waals surface area (Å²) >= 11 is 0. The Labute approximate surface area is 197 Å². The average molecular weight is 449 g/mol. The first-order valence-corrected chi connectivity index (χ1v) is 11.8. The summed E-state index contributed by atoms with van der Waals surface area (Å²) in [6.07, 6.45) is 5.81. The van der Waals surface area contributed by atoms with Gasteiger partial charge in [0.05, 0.1) is 21.9 Å². The molecule has 10 rings (SSSR count). The molecule has 3 aliphatic rings. The van der Waals surface area contributed by atoms with Crippen LogP contribution in [0.4, 0.5) is 0 Å². The smallest absolute Gasteiger partial charge is 0.407 e. The van der Waals surface area contributed by atoms with Crippen LogP contribution in [0.2, 0.25) is 0 Å². The zero-order valence-corrected chi connectivity index (χ0v) is 18.3. The van der Waals surface area contributed by atoms with Gasteiger partial charge in [-0.25, -0.2) is 9.97 Å². The van der Waals surface area contributed by atoms with E-state index in [0.29, 0.717) is 0 Å². The minimum Gasteiger partial charge on any atom is -0.422 e. The van der Waals surface area contributed by atoms with Crippen LogP contribution >= 0.6 is 0 Å². The fourth-order valence-electron chi connectivity index (χ4n) is 7.04. The van der Waals surface area contributed by atoms with Crippen LogP contribution in [0.1, 0.15) is 11.3 Å². The second-order valence-corrected chi connectivity index (χ2v) is 9.52. The Morgan fingerprint density at radius 1 is 0.829 bits per heavy atom. The molecule has 8 heterocycles. The third-order valence-corrected chi connectivity index (χ3v) is 8.11. The molecule has 160 valence electrons. The van der Waals surface area contributed by atoms with Gasteiger partial charge in [0.2, 0.25) is 11.4 Å². The van der Waals surface area contributed by atoms with Gasteiger partial charge in [0.1, 0.15) is 17.6 Å². The molecule has 0 saturated heterocycles. The Bertz CT molecular complexity index is 2160. The van der Waals surface area contributed by atoms with Crippen LogP contribution in [0.3, 0.4) is 0 Å². The van der Waals surface area contributed by atoms with Crippen LogP contribution in [0.25, 0.3) is 49.5 Å². The van der Waals surface area contributed by atoms with Gasteiger partial charge in [-0.15, -0.1) is 9.13 Å². The Morgan fingerprint density at radius 2 is 1.74 bits per heavy atom. The van der Waals surface area contributed by atoms with E-state index in [1.807, 2.05) is 6.20 Å². The molecule has 35 heavy (non-hydrogen) atoms. The zero-order valence-electron chi connectivity index (χ0n) is 18.3. The number of nitrogens with zero attached hydrogens (tertiary/aromatic N) is 5. The molecule has 5 aromatic heterocycles. The van der Waals surface area contributed by atoms with E-state index in [2.05, 4.69) is 97.5 Å². The number of fused-ring (bicyclic) bond motifs is 8. The van der Waals surface area contributed by atoms with Gasteiger partial charge in [0, 0.05) is 35.2 Å². The number of hydrogen-bond acceptors (Lipinski definition) is 3. The Balaban J connectivity index is 1.63. The van der Waals surface area contributed by atoms with Gasteiger partial charge in [0.25, 0.3) is 5.88 Å². The fraction of sp³-hybridized carbons (Fsp3) is 0.0345. The highest BCUT2D eigenvalue weighted by molar-refractivity contribution is 6.18. The van der Waals surface area contributed by atoms with Crippen LogP contribution in [0.5, 0.6) is 11.6 Å². The standard InChI is InChI=1S/C29H15N5O/c1-2-7-17-16(6-1)26-20-14-30-15-31-25(20)19-11-12-23-34-28(19)33(26)27(17)29(34)24-18(8-5-10-22(24)35-23)21-9-3-4-13-32(21)29/h1-15H/q+2. The van der Waals surface area contributed by atoms with Gasteiger partial charge in [-0.05, 0) is 36.4 Å². The lowest BCUT2D eigenvalue weighted by Gasteiger charge is -2.26. The summed E-state index contributed by atoms with van der Waals surface area (Å²) in [5.74, 6) is 1.73. The summed E-state index contributed by atoms with van der Waals surface area (Å²) in [4.78, 5) is 9.20. The van der Waals surface area contributed by atoms with E-state index < -0.39 is 5.66 Å². The van der Waals surface area contributed by atoms with Crippen molar-refractivity contribution >= 4 is 38.2 Å².